The number of aromatic nitrogens is 1. The molecule has 1 aromatic carbocycles. The van der Waals surface area contributed by atoms with Crippen molar-refractivity contribution in [2.24, 2.45) is 0 Å². The molecule has 22 heavy (non-hydrogen) atoms. The first-order valence-electron chi connectivity index (χ1n) is 6.22. The van der Waals surface area contributed by atoms with E-state index in [4.69, 9.17) is 4.74 Å². The van der Waals surface area contributed by atoms with Crippen LogP contribution in [0.3, 0.4) is 0 Å². The molecular weight excluding hydrogens is 312 g/mol. The van der Waals surface area contributed by atoms with Crippen molar-refractivity contribution >= 4 is 15.7 Å². The Morgan fingerprint density at radius 2 is 1.82 bits per heavy atom. The van der Waals surface area contributed by atoms with Crippen molar-refractivity contribution in [2.75, 3.05) is 6.61 Å². The standard InChI is InChI=1S/C13H12N2O6S/c1-2-21-11-4-6-12(7-5-11)22(19,20)14-9-10(15(17)18)3-8-13(14)16/h3-9H,2H2,1H3. The lowest BCUT2D eigenvalue weighted by atomic mass is 10.3. The summed E-state index contributed by atoms with van der Waals surface area (Å²) in [6.07, 6.45) is 0.689. The summed E-state index contributed by atoms with van der Waals surface area (Å²) in [5.41, 5.74) is -1.37. The van der Waals surface area contributed by atoms with E-state index in [1.165, 1.54) is 24.3 Å². The third-order valence-corrected chi connectivity index (χ3v) is 4.44. The van der Waals surface area contributed by atoms with Crippen LogP contribution in [0.1, 0.15) is 6.92 Å². The van der Waals surface area contributed by atoms with Crippen LogP contribution >= 0.6 is 0 Å². The molecule has 9 heteroatoms. The molecule has 0 atom stereocenters. The molecule has 8 nitrogen and oxygen atoms in total. The average Bonchev–Trinajstić information content (AvgIpc) is 2.48. The van der Waals surface area contributed by atoms with E-state index in [2.05, 4.69) is 0 Å². The summed E-state index contributed by atoms with van der Waals surface area (Å²) in [5, 5.41) is 10.7. The predicted molar refractivity (Wildman–Crippen MR) is 77.6 cm³/mol. The van der Waals surface area contributed by atoms with E-state index in [-0.39, 0.29) is 4.90 Å². The van der Waals surface area contributed by atoms with Gasteiger partial charge in [-0.15, -0.1) is 0 Å². The molecule has 1 heterocycles. The van der Waals surface area contributed by atoms with E-state index in [0.717, 1.165) is 12.1 Å². The molecule has 0 bridgehead atoms. The molecule has 2 aromatic rings. The summed E-state index contributed by atoms with van der Waals surface area (Å²) >= 11 is 0. The van der Waals surface area contributed by atoms with Crippen molar-refractivity contribution in [1.82, 2.24) is 3.97 Å². The highest BCUT2D eigenvalue weighted by Gasteiger charge is 2.21. The van der Waals surface area contributed by atoms with E-state index < -0.39 is 26.2 Å². The average molecular weight is 324 g/mol. The number of rotatable bonds is 5. The van der Waals surface area contributed by atoms with E-state index >= 15 is 0 Å². The minimum atomic E-state index is -4.21. The second kappa shape index (κ2) is 5.98. The maximum Gasteiger partial charge on any atom is 0.286 e. The van der Waals surface area contributed by atoms with Gasteiger partial charge in [0.25, 0.3) is 21.3 Å². The molecule has 116 valence electrons. The lowest BCUT2D eigenvalue weighted by Crippen LogP contribution is -2.26. The second-order valence-corrected chi connectivity index (χ2v) is 6.00. The highest BCUT2D eigenvalue weighted by Crippen LogP contribution is 2.18. The SMILES string of the molecule is CCOc1ccc(S(=O)(=O)n2cc([N+](=O)[O-])ccc2=O)cc1. The summed E-state index contributed by atoms with van der Waals surface area (Å²) in [4.78, 5) is 21.5. The van der Waals surface area contributed by atoms with Crippen LogP contribution in [0.25, 0.3) is 0 Å². The van der Waals surface area contributed by atoms with Gasteiger partial charge in [-0.2, -0.15) is 3.97 Å². The number of ether oxygens (including phenoxy) is 1. The highest BCUT2D eigenvalue weighted by atomic mass is 32.2. The fourth-order valence-electron chi connectivity index (χ4n) is 1.74. The molecule has 0 aliphatic rings. The van der Waals surface area contributed by atoms with Gasteiger partial charge in [0.05, 0.1) is 16.4 Å². The number of pyridine rings is 1. The second-order valence-electron chi connectivity index (χ2n) is 4.19. The molecule has 0 aliphatic heterocycles. The Bertz CT molecular complexity index is 855. The Labute approximate surface area is 125 Å². The third-order valence-electron chi connectivity index (χ3n) is 2.77. The van der Waals surface area contributed by atoms with Gasteiger partial charge in [0, 0.05) is 12.1 Å². The minimum Gasteiger partial charge on any atom is -0.494 e. The maximum absolute atomic E-state index is 12.4. The highest BCUT2D eigenvalue weighted by molar-refractivity contribution is 7.90. The van der Waals surface area contributed by atoms with Gasteiger partial charge in [-0.05, 0) is 31.2 Å². The van der Waals surface area contributed by atoms with E-state index in [1.54, 1.807) is 6.92 Å². The lowest BCUT2D eigenvalue weighted by Gasteiger charge is -2.08. The summed E-state index contributed by atoms with van der Waals surface area (Å²) in [6, 6.07) is 7.21. The van der Waals surface area contributed by atoms with Crippen LogP contribution in [-0.4, -0.2) is 23.9 Å². The molecule has 0 amide bonds. The Hall–Kier alpha value is -2.68. The van der Waals surface area contributed by atoms with Crippen molar-refractivity contribution in [3.63, 3.8) is 0 Å². The zero-order chi connectivity index (χ0) is 16.3. The van der Waals surface area contributed by atoms with Gasteiger partial charge in [-0.1, -0.05) is 0 Å². The van der Waals surface area contributed by atoms with Crippen LogP contribution in [-0.2, 0) is 10.0 Å². The Morgan fingerprint density at radius 3 is 2.36 bits per heavy atom. The molecule has 0 fully saturated rings. The van der Waals surface area contributed by atoms with Crippen molar-refractivity contribution in [1.29, 1.82) is 0 Å². The van der Waals surface area contributed by atoms with Crippen LogP contribution in [0.15, 0.2) is 52.3 Å². The van der Waals surface area contributed by atoms with Gasteiger partial charge in [0.2, 0.25) is 0 Å². The van der Waals surface area contributed by atoms with Gasteiger partial charge in [-0.25, -0.2) is 8.42 Å². The van der Waals surface area contributed by atoms with Crippen LogP contribution in [0, 0.1) is 10.1 Å². The predicted octanol–water partition coefficient (Wildman–Crippen LogP) is 1.39. The zero-order valence-corrected chi connectivity index (χ0v) is 12.3. The molecule has 0 saturated carbocycles. The smallest absolute Gasteiger partial charge is 0.286 e. The fourth-order valence-corrected chi connectivity index (χ4v) is 2.99. The molecule has 0 aliphatic carbocycles. The quantitative estimate of drug-likeness (QED) is 0.607. The summed E-state index contributed by atoms with van der Waals surface area (Å²) < 4.78 is 30.3. The summed E-state index contributed by atoms with van der Waals surface area (Å²) in [7, 11) is -4.21. The molecule has 0 radical (unpaired) electrons. The maximum atomic E-state index is 12.4. The van der Waals surface area contributed by atoms with E-state index in [1.807, 2.05) is 0 Å². The van der Waals surface area contributed by atoms with Gasteiger partial charge >= 0.3 is 0 Å². The first kappa shape index (κ1) is 15.7. The topological polar surface area (TPSA) is 109 Å². The normalized spacial score (nSPS) is 11.1. The van der Waals surface area contributed by atoms with Gasteiger partial charge in [0.1, 0.15) is 11.9 Å². The van der Waals surface area contributed by atoms with Gasteiger partial charge < -0.3 is 4.74 Å². The fraction of sp³-hybridized carbons (Fsp3) is 0.154. The Balaban J connectivity index is 2.52. The van der Waals surface area contributed by atoms with Crippen LogP contribution in [0.4, 0.5) is 5.69 Å². The third kappa shape index (κ3) is 2.98. The van der Waals surface area contributed by atoms with Gasteiger partial charge in [-0.3, -0.25) is 14.9 Å². The van der Waals surface area contributed by atoms with Crippen molar-refractivity contribution < 1.29 is 18.1 Å². The summed E-state index contributed by atoms with van der Waals surface area (Å²) in [5.74, 6) is 0.479. The minimum absolute atomic E-state index is 0.168. The zero-order valence-electron chi connectivity index (χ0n) is 11.5. The number of nitrogens with zero attached hydrogens (tertiary/aromatic N) is 2. The van der Waals surface area contributed by atoms with Crippen molar-refractivity contribution in [3.05, 3.63) is 63.1 Å². The monoisotopic (exact) mass is 324 g/mol. The Kier molecular flexibility index (Phi) is 4.27. The number of benzene rings is 1. The first-order valence-corrected chi connectivity index (χ1v) is 7.66. The van der Waals surface area contributed by atoms with Crippen molar-refractivity contribution in [2.45, 2.75) is 11.8 Å². The van der Waals surface area contributed by atoms with Crippen LogP contribution in [0.2, 0.25) is 0 Å². The largest absolute Gasteiger partial charge is 0.494 e. The molecule has 0 unspecified atom stereocenters. The molecular formula is C13H12N2O6S. The lowest BCUT2D eigenvalue weighted by molar-refractivity contribution is -0.385. The Morgan fingerprint density at radius 1 is 1.18 bits per heavy atom. The van der Waals surface area contributed by atoms with Crippen molar-refractivity contribution in [3.8, 4) is 5.75 Å². The van der Waals surface area contributed by atoms with Crippen LogP contribution < -0.4 is 10.3 Å². The number of hydrogen-bond acceptors (Lipinski definition) is 6. The van der Waals surface area contributed by atoms with Gasteiger partial charge in [0.15, 0.2) is 0 Å². The molecule has 0 saturated heterocycles. The number of hydrogen-bond donors (Lipinski definition) is 0. The van der Waals surface area contributed by atoms with Crippen LogP contribution in [0.5, 0.6) is 5.75 Å². The first-order chi connectivity index (χ1) is 10.4. The van der Waals surface area contributed by atoms with E-state index in [9.17, 15) is 23.3 Å². The summed E-state index contributed by atoms with van der Waals surface area (Å²) in [6.45, 7) is 2.21. The van der Waals surface area contributed by atoms with E-state index in [0.29, 0.717) is 22.5 Å². The molecule has 2 rings (SSSR count). The molecule has 0 spiro atoms. The molecule has 0 N–H and O–H groups in total. The molecule has 1 aromatic heterocycles. The number of nitro groups is 1.